The molecule has 6 nitrogen and oxygen atoms in total. The molecule has 1 fully saturated rings. The number of piperazine rings is 1. The van der Waals surface area contributed by atoms with Gasteiger partial charge >= 0.3 is 5.97 Å². The second kappa shape index (κ2) is 9.41. The molecule has 7 heteroatoms. The third-order valence-corrected chi connectivity index (χ3v) is 5.08. The number of carbonyl (C=O) groups excluding carboxylic acids is 1. The number of amides is 1. The SMILES string of the molecule is CCCCC(=O)Nc1ccc(N2CCN(c3ccc(F)cc3)CC2)c(C(=O)O)c1. The quantitative estimate of drug-likeness (QED) is 0.737. The fourth-order valence-electron chi connectivity index (χ4n) is 3.48. The van der Waals surface area contributed by atoms with Gasteiger partial charge in [0.05, 0.1) is 11.3 Å². The molecule has 1 saturated heterocycles. The standard InChI is InChI=1S/C22H26FN3O3/c1-2-3-4-21(27)24-17-7-10-20(19(15-17)22(28)29)26-13-11-25(12-14-26)18-8-5-16(23)6-9-18/h5-10,15H,2-4,11-14H2,1H3,(H,24,27)(H,28,29). The van der Waals surface area contributed by atoms with Gasteiger partial charge in [0.2, 0.25) is 5.91 Å². The van der Waals surface area contributed by atoms with Gasteiger partial charge in [0.25, 0.3) is 0 Å². The van der Waals surface area contributed by atoms with E-state index < -0.39 is 5.97 Å². The van der Waals surface area contributed by atoms with Crippen LogP contribution in [0.15, 0.2) is 42.5 Å². The van der Waals surface area contributed by atoms with Crippen molar-refractivity contribution < 1.29 is 19.1 Å². The number of aromatic carboxylic acids is 1. The Hall–Kier alpha value is -3.09. The van der Waals surface area contributed by atoms with Crippen molar-refractivity contribution in [3.63, 3.8) is 0 Å². The topological polar surface area (TPSA) is 72.9 Å². The second-order valence-corrected chi connectivity index (χ2v) is 7.14. The average Bonchev–Trinajstić information content (AvgIpc) is 2.73. The number of carboxylic acids is 1. The van der Waals surface area contributed by atoms with E-state index in [0.717, 1.165) is 18.5 Å². The van der Waals surface area contributed by atoms with Crippen LogP contribution in [-0.2, 0) is 4.79 Å². The van der Waals surface area contributed by atoms with E-state index in [0.29, 0.717) is 44.0 Å². The molecule has 1 heterocycles. The molecule has 0 unspecified atom stereocenters. The Morgan fingerprint density at radius 2 is 1.69 bits per heavy atom. The number of benzene rings is 2. The molecule has 0 atom stereocenters. The van der Waals surface area contributed by atoms with E-state index in [1.807, 2.05) is 11.8 Å². The van der Waals surface area contributed by atoms with Crippen molar-refractivity contribution in [2.24, 2.45) is 0 Å². The van der Waals surface area contributed by atoms with Crippen molar-refractivity contribution in [2.45, 2.75) is 26.2 Å². The van der Waals surface area contributed by atoms with Crippen LogP contribution in [0.2, 0.25) is 0 Å². The van der Waals surface area contributed by atoms with E-state index in [2.05, 4.69) is 10.2 Å². The van der Waals surface area contributed by atoms with Crippen LogP contribution in [0.5, 0.6) is 0 Å². The first-order valence-electron chi connectivity index (χ1n) is 9.90. The average molecular weight is 399 g/mol. The Kier molecular flexibility index (Phi) is 6.69. The van der Waals surface area contributed by atoms with Crippen molar-refractivity contribution in [3.8, 4) is 0 Å². The van der Waals surface area contributed by atoms with Gasteiger partial charge in [-0.3, -0.25) is 4.79 Å². The zero-order valence-corrected chi connectivity index (χ0v) is 16.5. The molecule has 1 aliphatic heterocycles. The second-order valence-electron chi connectivity index (χ2n) is 7.14. The summed E-state index contributed by atoms with van der Waals surface area (Å²) in [5.41, 5.74) is 2.27. The van der Waals surface area contributed by atoms with Crippen LogP contribution in [0.25, 0.3) is 0 Å². The highest BCUT2D eigenvalue weighted by molar-refractivity contribution is 5.98. The maximum absolute atomic E-state index is 13.1. The molecule has 2 aromatic rings. The van der Waals surface area contributed by atoms with Crippen LogP contribution in [0, 0.1) is 5.82 Å². The number of halogens is 1. The number of carboxylic acid groups (broad SMARTS) is 1. The molecule has 0 radical (unpaired) electrons. The summed E-state index contributed by atoms with van der Waals surface area (Å²) >= 11 is 0. The molecule has 0 bridgehead atoms. The Morgan fingerprint density at radius 3 is 2.31 bits per heavy atom. The van der Waals surface area contributed by atoms with Crippen molar-refractivity contribution >= 4 is 28.9 Å². The summed E-state index contributed by atoms with van der Waals surface area (Å²) in [5, 5.41) is 12.4. The maximum atomic E-state index is 13.1. The zero-order chi connectivity index (χ0) is 20.8. The minimum Gasteiger partial charge on any atom is -0.478 e. The predicted octanol–water partition coefficient (Wildman–Crippen LogP) is 3.98. The fourth-order valence-corrected chi connectivity index (χ4v) is 3.48. The van der Waals surface area contributed by atoms with Crippen LogP contribution in [0.3, 0.4) is 0 Å². The summed E-state index contributed by atoms with van der Waals surface area (Å²) in [6.45, 7) is 4.74. The first-order valence-corrected chi connectivity index (χ1v) is 9.90. The first kappa shape index (κ1) is 20.6. The van der Waals surface area contributed by atoms with E-state index in [-0.39, 0.29) is 17.3 Å². The lowest BCUT2D eigenvalue weighted by molar-refractivity contribution is -0.116. The van der Waals surface area contributed by atoms with Gasteiger partial charge in [-0.05, 0) is 48.9 Å². The Bertz CT molecular complexity index is 862. The normalized spacial score (nSPS) is 14.0. The first-order chi connectivity index (χ1) is 14.0. The third kappa shape index (κ3) is 5.25. The third-order valence-electron chi connectivity index (χ3n) is 5.08. The maximum Gasteiger partial charge on any atom is 0.337 e. The number of unbranched alkanes of at least 4 members (excludes halogenated alkanes) is 1. The lowest BCUT2D eigenvalue weighted by atomic mass is 10.1. The lowest BCUT2D eigenvalue weighted by Crippen LogP contribution is -2.47. The number of hydrogen-bond acceptors (Lipinski definition) is 4. The molecule has 2 aromatic carbocycles. The van der Waals surface area contributed by atoms with Gasteiger partial charge in [-0.1, -0.05) is 13.3 Å². The highest BCUT2D eigenvalue weighted by Crippen LogP contribution is 2.27. The minimum absolute atomic E-state index is 0.108. The molecule has 0 saturated carbocycles. The highest BCUT2D eigenvalue weighted by atomic mass is 19.1. The van der Waals surface area contributed by atoms with E-state index in [1.165, 1.54) is 18.2 Å². The Labute approximate surface area is 169 Å². The molecule has 1 aliphatic rings. The highest BCUT2D eigenvalue weighted by Gasteiger charge is 2.22. The van der Waals surface area contributed by atoms with Crippen molar-refractivity contribution in [1.82, 2.24) is 0 Å². The summed E-state index contributed by atoms with van der Waals surface area (Å²) in [7, 11) is 0. The summed E-state index contributed by atoms with van der Waals surface area (Å²) in [4.78, 5) is 27.9. The van der Waals surface area contributed by atoms with Gasteiger partial charge < -0.3 is 20.2 Å². The number of anilines is 3. The fraction of sp³-hybridized carbons (Fsp3) is 0.364. The largest absolute Gasteiger partial charge is 0.478 e. The number of hydrogen-bond donors (Lipinski definition) is 2. The smallest absolute Gasteiger partial charge is 0.337 e. The minimum atomic E-state index is -1.02. The van der Waals surface area contributed by atoms with E-state index >= 15 is 0 Å². The van der Waals surface area contributed by atoms with Crippen LogP contribution >= 0.6 is 0 Å². The Balaban J connectivity index is 1.69. The monoisotopic (exact) mass is 399 g/mol. The molecule has 154 valence electrons. The summed E-state index contributed by atoms with van der Waals surface area (Å²) in [6.07, 6.45) is 2.15. The van der Waals surface area contributed by atoms with Crippen LogP contribution in [0.1, 0.15) is 36.5 Å². The van der Waals surface area contributed by atoms with Gasteiger partial charge in [-0.25, -0.2) is 9.18 Å². The van der Waals surface area contributed by atoms with Crippen LogP contribution in [0.4, 0.5) is 21.5 Å². The Morgan fingerprint density at radius 1 is 1.03 bits per heavy atom. The van der Waals surface area contributed by atoms with E-state index in [9.17, 15) is 19.1 Å². The summed E-state index contributed by atoms with van der Waals surface area (Å²) in [5.74, 6) is -1.39. The molecule has 1 amide bonds. The van der Waals surface area contributed by atoms with Gasteiger partial charge in [-0.2, -0.15) is 0 Å². The van der Waals surface area contributed by atoms with Gasteiger partial charge in [0.15, 0.2) is 0 Å². The van der Waals surface area contributed by atoms with Crippen molar-refractivity contribution in [3.05, 3.63) is 53.8 Å². The van der Waals surface area contributed by atoms with Crippen molar-refractivity contribution in [2.75, 3.05) is 41.3 Å². The molecule has 3 rings (SSSR count). The number of nitrogens with one attached hydrogen (secondary N) is 1. The molecular weight excluding hydrogens is 373 g/mol. The predicted molar refractivity (Wildman–Crippen MR) is 112 cm³/mol. The van der Waals surface area contributed by atoms with Gasteiger partial charge in [-0.15, -0.1) is 0 Å². The molecule has 0 aliphatic carbocycles. The lowest BCUT2D eigenvalue weighted by Gasteiger charge is -2.38. The van der Waals surface area contributed by atoms with E-state index in [4.69, 9.17) is 0 Å². The number of carbonyl (C=O) groups is 2. The number of nitrogens with zero attached hydrogens (tertiary/aromatic N) is 2. The van der Waals surface area contributed by atoms with E-state index in [1.54, 1.807) is 24.3 Å². The summed E-state index contributed by atoms with van der Waals surface area (Å²) < 4.78 is 13.1. The van der Waals surface area contributed by atoms with Crippen molar-refractivity contribution in [1.29, 1.82) is 0 Å². The number of rotatable bonds is 7. The molecular formula is C22H26FN3O3. The van der Waals surface area contributed by atoms with Gasteiger partial charge in [0, 0.05) is 44.0 Å². The molecule has 2 N–H and O–H groups in total. The van der Waals surface area contributed by atoms with Crippen LogP contribution in [-0.4, -0.2) is 43.2 Å². The molecule has 0 aromatic heterocycles. The van der Waals surface area contributed by atoms with Crippen LogP contribution < -0.4 is 15.1 Å². The summed E-state index contributed by atoms with van der Waals surface area (Å²) in [6, 6.07) is 11.4. The van der Waals surface area contributed by atoms with Gasteiger partial charge in [0.1, 0.15) is 5.82 Å². The zero-order valence-electron chi connectivity index (χ0n) is 16.5. The molecule has 29 heavy (non-hydrogen) atoms. The molecule has 0 spiro atoms.